The minimum Gasteiger partial charge on any atom is -0.467 e. The first kappa shape index (κ1) is 11.9. The summed E-state index contributed by atoms with van der Waals surface area (Å²) in [6, 6.07) is 5.53. The van der Waals surface area contributed by atoms with Gasteiger partial charge in [-0.2, -0.15) is 5.10 Å². The highest BCUT2D eigenvalue weighted by atomic mass is 16.4. The fourth-order valence-electron chi connectivity index (χ4n) is 1.68. The maximum absolute atomic E-state index is 9.75. The maximum atomic E-state index is 9.75. The summed E-state index contributed by atoms with van der Waals surface area (Å²) in [6.45, 7) is 1.29. The van der Waals surface area contributed by atoms with Gasteiger partial charge in [0.15, 0.2) is 0 Å². The third-order valence-electron chi connectivity index (χ3n) is 2.69. The summed E-state index contributed by atoms with van der Waals surface area (Å²) in [5.74, 6) is 0.595. The number of aromatic nitrogens is 2. The first-order valence-electron chi connectivity index (χ1n) is 5.66. The molecule has 2 aromatic rings. The summed E-state index contributed by atoms with van der Waals surface area (Å²) in [5.41, 5.74) is 1.17. The lowest BCUT2D eigenvalue weighted by Gasteiger charge is -2.09. The van der Waals surface area contributed by atoms with Gasteiger partial charge in [-0.15, -0.1) is 0 Å². The molecule has 0 saturated carbocycles. The van der Waals surface area contributed by atoms with Crippen LogP contribution in [-0.4, -0.2) is 28.0 Å². The van der Waals surface area contributed by atoms with Gasteiger partial charge in [0.05, 0.1) is 6.26 Å². The van der Waals surface area contributed by atoms with Crippen molar-refractivity contribution in [3.05, 3.63) is 42.1 Å². The van der Waals surface area contributed by atoms with Crippen LogP contribution in [0.3, 0.4) is 0 Å². The lowest BCUT2D eigenvalue weighted by molar-refractivity contribution is 0.148. The zero-order valence-electron chi connectivity index (χ0n) is 9.84. The standard InChI is InChI=1S/C12H17N3O2/c1-15-10(5-7-14-15)4-6-13-9-11(16)12-3-2-8-17-12/h2-3,5,7-8,11,13,16H,4,6,9H2,1H3. The van der Waals surface area contributed by atoms with E-state index in [-0.39, 0.29) is 0 Å². The smallest absolute Gasteiger partial charge is 0.133 e. The second-order valence-corrected chi connectivity index (χ2v) is 3.93. The van der Waals surface area contributed by atoms with Crippen LogP contribution in [0.1, 0.15) is 17.6 Å². The SMILES string of the molecule is Cn1nccc1CCNCC(O)c1ccco1. The summed E-state index contributed by atoms with van der Waals surface area (Å²) in [7, 11) is 1.92. The molecule has 92 valence electrons. The molecule has 0 radical (unpaired) electrons. The Balaban J connectivity index is 1.68. The molecule has 1 atom stereocenters. The molecule has 0 aliphatic carbocycles. The lowest BCUT2D eigenvalue weighted by atomic mass is 10.2. The molecule has 0 aromatic carbocycles. The lowest BCUT2D eigenvalue weighted by Crippen LogP contribution is -2.24. The summed E-state index contributed by atoms with van der Waals surface area (Å²) in [6.07, 6.45) is 3.65. The fourth-order valence-corrected chi connectivity index (χ4v) is 1.68. The summed E-state index contributed by atoms with van der Waals surface area (Å²) >= 11 is 0. The second kappa shape index (κ2) is 5.65. The van der Waals surface area contributed by atoms with Crippen molar-refractivity contribution in [1.82, 2.24) is 15.1 Å². The predicted molar refractivity (Wildman–Crippen MR) is 63.4 cm³/mol. The van der Waals surface area contributed by atoms with Crippen molar-refractivity contribution < 1.29 is 9.52 Å². The van der Waals surface area contributed by atoms with Crippen molar-refractivity contribution in [3.63, 3.8) is 0 Å². The minimum atomic E-state index is -0.587. The van der Waals surface area contributed by atoms with Gasteiger partial charge in [-0.25, -0.2) is 0 Å². The fraction of sp³-hybridized carbons (Fsp3) is 0.417. The van der Waals surface area contributed by atoms with E-state index in [9.17, 15) is 5.11 Å². The van der Waals surface area contributed by atoms with Crippen LogP contribution in [0.15, 0.2) is 35.1 Å². The molecule has 0 aliphatic heterocycles. The Morgan fingerprint density at radius 2 is 2.41 bits per heavy atom. The molecule has 1 unspecified atom stereocenters. The molecule has 2 rings (SSSR count). The zero-order chi connectivity index (χ0) is 12.1. The number of rotatable bonds is 6. The van der Waals surface area contributed by atoms with Crippen molar-refractivity contribution in [2.75, 3.05) is 13.1 Å². The number of aryl methyl sites for hydroxylation is 1. The highest BCUT2D eigenvalue weighted by Gasteiger charge is 2.09. The highest BCUT2D eigenvalue weighted by Crippen LogP contribution is 2.11. The Kier molecular flexibility index (Phi) is 3.95. The van der Waals surface area contributed by atoms with Crippen LogP contribution in [0.25, 0.3) is 0 Å². The third-order valence-corrected chi connectivity index (χ3v) is 2.69. The Labute approximate surface area is 100 Å². The first-order valence-corrected chi connectivity index (χ1v) is 5.66. The average molecular weight is 235 g/mol. The molecule has 5 heteroatoms. The average Bonchev–Trinajstić information content (AvgIpc) is 2.96. The monoisotopic (exact) mass is 235 g/mol. The van der Waals surface area contributed by atoms with Crippen molar-refractivity contribution in [3.8, 4) is 0 Å². The molecule has 0 bridgehead atoms. The largest absolute Gasteiger partial charge is 0.467 e. The van der Waals surface area contributed by atoms with Gasteiger partial charge in [0.2, 0.25) is 0 Å². The van der Waals surface area contributed by atoms with Gasteiger partial charge >= 0.3 is 0 Å². The minimum absolute atomic E-state index is 0.491. The van der Waals surface area contributed by atoms with Crippen molar-refractivity contribution in [2.24, 2.45) is 7.05 Å². The van der Waals surface area contributed by atoms with Crippen LogP contribution in [-0.2, 0) is 13.5 Å². The van der Waals surface area contributed by atoms with Crippen LogP contribution in [0, 0.1) is 0 Å². The number of furan rings is 1. The van der Waals surface area contributed by atoms with Crippen molar-refractivity contribution >= 4 is 0 Å². The second-order valence-electron chi connectivity index (χ2n) is 3.93. The molecule has 2 aromatic heterocycles. The van der Waals surface area contributed by atoms with Gasteiger partial charge in [-0.1, -0.05) is 0 Å². The molecule has 0 amide bonds. The maximum Gasteiger partial charge on any atom is 0.133 e. The summed E-state index contributed by atoms with van der Waals surface area (Å²) in [5, 5.41) is 17.0. The van der Waals surface area contributed by atoms with Crippen molar-refractivity contribution in [2.45, 2.75) is 12.5 Å². The molecule has 0 spiro atoms. The Hall–Kier alpha value is -1.59. The van der Waals surface area contributed by atoms with Gasteiger partial charge in [-0.3, -0.25) is 4.68 Å². The first-order chi connectivity index (χ1) is 8.27. The van der Waals surface area contributed by atoms with E-state index in [0.29, 0.717) is 12.3 Å². The van der Waals surface area contributed by atoms with Crippen LogP contribution in [0.5, 0.6) is 0 Å². The topological polar surface area (TPSA) is 63.2 Å². The summed E-state index contributed by atoms with van der Waals surface area (Å²) < 4.78 is 6.97. The Bertz CT molecular complexity index is 436. The normalized spacial score (nSPS) is 12.8. The molecular formula is C12H17N3O2. The predicted octanol–water partition coefficient (Wildman–Crippen LogP) is 0.879. The number of aliphatic hydroxyl groups is 1. The molecule has 0 aliphatic rings. The van der Waals surface area contributed by atoms with Crippen LogP contribution in [0.4, 0.5) is 0 Å². The van der Waals surface area contributed by atoms with Gasteiger partial charge in [0.1, 0.15) is 11.9 Å². The number of nitrogens with one attached hydrogen (secondary N) is 1. The molecule has 0 saturated heterocycles. The number of nitrogens with zero attached hydrogens (tertiary/aromatic N) is 2. The van der Waals surface area contributed by atoms with E-state index in [1.165, 1.54) is 5.69 Å². The van der Waals surface area contributed by atoms with Crippen LogP contribution < -0.4 is 5.32 Å². The van der Waals surface area contributed by atoms with Crippen LogP contribution >= 0.6 is 0 Å². The highest BCUT2D eigenvalue weighted by molar-refractivity contribution is 5.03. The number of aliphatic hydroxyl groups excluding tert-OH is 1. The van der Waals surface area contributed by atoms with Crippen molar-refractivity contribution in [1.29, 1.82) is 0 Å². The van der Waals surface area contributed by atoms with E-state index in [1.807, 2.05) is 17.8 Å². The Morgan fingerprint density at radius 1 is 1.53 bits per heavy atom. The molecule has 5 nitrogen and oxygen atoms in total. The molecule has 0 fully saturated rings. The van der Waals surface area contributed by atoms with E-state index in [4.69, 9.17) is 4.42 Å². The van der Waals surface area contributed by atoms with Crippen LogP contribution in [0.2, 0.25) is 0 Å². The van der Waals surface area contributed by atoms with E-state index in [1.54, 1.807) is 24.6 Å². The molecule has 2 N–H and O–H groups in total. The van der Waals surface area contributed by atoms with E-state index >= 15 is 0 Å². The quantitative estimate of drug-likeness (QED) is 0.730. The van der Waals surface area contributed by atoms with Gasteiger partial charge in [0, 0.05) is 38.4 Å². The zero-order valence-corrected chi connectivity index (χ0v) is 9.84. The number of hydrogen-bond donors (Lipinski definition) is 2. The third kappa shape index (κ3) is 3.18. The van der Waals surface area contributed by atoms with Gasteiger partial charge in [0.25, 0.3) is 0 Å². The molecular weight excluding hydrogens is 218 g/mol. The number of hydrogen-bond acceptors (Lipinski definition) is 4. The van der Waals surface area contributed by atoms with E-state index in [2.05, 4.69) is 10.4 Å². The Morgan fingerprint density at radius 3 is 3.06 bits per heavy atom. The molecule has 2 heterocycles. The molecule has 17 heavy (non-hydrogen) atoms. The van der Waals surface area contributed by atoms with E-state index < -0.39 is 6.10 Å². The van der Waals surface area contributed by atoms with Gasteiger partial charge in [-0.05, 0) is 18.2 Å². The summed E-state index contributed by atoms with van der Waals surface area (Å²) in [4.78, 5) is 0. The van der Waals surface area contributed by atoms with E-state index in [0.717, 1.165) is 13.0 Å². The van der Waals surface area contributed by atoms with Gasteiger partial charge < -0.3 is 14.8 Å².